The van der Waals surface area contributed by atoms with Gasteiger partial charge in [-0.25, -0.2) is 0 Å². The Bertz CT molecular complexity index is 1060. The molecular formula is C23H23IO7. The van der Waals surface area contributed by atoms with E-state index in [4.69, 9.17) is 23.7 Å². The molecule has 3 heterocycles. The molecule has 1 N–H and O–H groups in total. The molecule has 3 aliphatic heterocycles. The molecule has 0 aromatic heterocycles. The lowest BCUT2D eigenvalue weighted by molar-refractivity contribution is 0.0554. The van der Waals surface area contributed by atoms with Crippen LogP contribution in [0.15, 0.2) is 24.3 Å². The van der Waals surface area contributed by atoms with Crippen molar-refractivity contribution in [1.29, 1.82) is 0 Å². The number of fused-ring (bicyclic) bond motifs is 6. The van der Waals surface area contributed by atoms with Gasteiger partial charge in [-0.3, -0.25) is 4.79 Å². The van der Waals surface area contributed by atoms with Crippen LogP contribution in [0.1, 0.15) is 34.3 Å². The molecule has 5 rings (SSSR count). The average Bonchev–Trinajstić information content (AvgIpc) is 3.23. The Labute approximate surface area is 193 Å². The van der Waals surface area contributed by atoms with Crippen molar-refractivity contribution in [3.63, 3.8) is 0 Å². The van der Waals surface area contributed by atoms with E-state index >= 15 is 0 Å². The molecule has 2 aromatic carbocycles. The van der Waals surface area contributed by atoms with Crippen molar-refractivity contribution in [3.05, 3.63) is 41.0 Å². The summed E-state index contributed by atoms with van der Waals surface area (Å²) in [5.74, 6) is 2.48. The number of aliphatic hydroxyl groups excluding tert-OH is 1. The third-order valence-electron chi connectivity index (χ3n) is 6.30. The van der Waals surface area contributed by atoms with Crippen molar-refractivity contribution in [2.24, 2.45) is 0 Å². The Kier molecular flexibility index (Phi) is 4.97. The van der Waals surface area contributed by atoms with Crippen LogP contribution in [0.3, 0.4) is 0 Å². The maximum Gasteiger partial charge on any atom is 0.178 e. The van der Waals surface area contributed by atoms with Crippen LogP contribution in [0.4, 0.5) is 0 Å². The fourth-order valence-electron chi connectivity index (χ4n) is 4.50. The highest BCUT2D eigenvalue weighted by Gasteiger charge is 2.47. The first-order valence-electron chi connectivity index (χ1n) is 10.1. The second kappa shape index (κ2) is 7.44. The van der Waals surface area contributed by atoms with E-state index in [1.807, 2.05) is 13.0 Å². The van der Waals surface area contributed by atoms with Crippen molar-refractivity contribution < 1.29 is 33.6 Å². The normalized spacial score (nSPS) is 24.9. The van der Waals surface area contributed by atoms with E-state index in [0.717, 1.165) is 11.1 Å². The van der Waals surface area contributed by atoms with Crippen LogP contribution in [-0.2, 0) is 6.42 Å². The van der Waals surface area contributed by atoms with Crippen molar-refractivity contribution in [2.75, 3.05) is 27.4 Å². The highest BCUT2D eigenvalue weighted by Crippen LogP contribution is 2.50. The lowest BCUT2D eigenvalue weighted by atomic mass is 9.81. The summed E-state index contributed by atoms with van der Waals surface area (Å²) in [7, 11) is 3.13. The van der Waals surface area contributed by atoms with E-state index in [9.17, 15) is 9.90 Å². The number of halogens is 1. The number of aliphatic hydroxyl groups is 1. The maximum absolute atomic E-state index is 13.6. The number of hydrogen-bond donors (Lipinski definition) is 1. The van der Waals surface area contributed by atoms with Crippen molar-refractivity contribution in [3.8, 4) is 28.7 Å². The van der Waals surface area contributed by atoms with Crippen LogP contribution >= 0.6 is 22.6 Å². The summed E-state index contributed by atoms with van der Waals surface area (Å²) in [5.41, 5.74) is 2.16. The Balaban J connectivity index is 1.55. The Morgan fingerprint density at radius 2 is 1.90 bits per heavy atom. The molecule has 0 saturated heterocycles. The minimum absolute atomic E-state index is 0.00515. The highest BCUT2D eigenvalue weighted by atomic mass is 131. The third-order valence-corrected chi connectivity index (χ3v) is 7.34. The van der Waals surface area contributed by atoms with Gasteiger partial charge in [-0.2, -0.15) is 0 Å². The van der Waals surface area contributed by atoms with Crippen LogP contribution in [-0.4, -0.2) is 54.0 Å². The van der Waals surface area contributed by atoms with Gasteiger partial charge >= 0.3 is 0 Å². The number of benzene rings is 2. The molecule has 0 fully saturated rings. The predicted molar refractivity (Wildman–Crippen MR) is 121 cm³/mol. The van der Waals surface area contributed by atoms with E-state index in [0.29, 0.717) is 40.7 Å². The fourth-order valence-corrected chi connectivity index (χ4v) is 4.85. The first kappa shape index (κ1) is 20.7. The summed E-state index contributed by atoms with van der Waals surface area (Å²) in [6.45, 7) is 2.20. The standard InChI is InChI=1S/C23H23IO7/c1-23(24,10-25)19-7-13-14(30-19)5-4-11-21(26)20-12-6-16(27-2)17(28-3)8-15(12)29-9-18(20)31-22(11)13/h4-6,8,18-20,25H,7,9-10H2,1-3H3/t18-,19?,20+,23-/m1/s1/i24+4. The molecule has 0 saturated carbocycles. The molecule has 4 atom stereocenters. The van der Waals surface area contributed by atoms with Crippen LogP contribution in [0, 0.1) is 0 Å². The Hall–Kier alpha value is -2.20. The number of hydrogen-bond acceptors (Lipinski definition) is 7. The monoisotopic (exact) mass is 542 g/mol. The number of alkyl halides is 1. The Morgan fingerprint density at radius 1 is 1.16 bits per heavy atom. The zero-order valence-corrected chi connectivity index (χ0v) is 19.6. The molecule has 2 aromatic rings. The van der Waals surface area contributed by atoms with Gasteiger partial charge in [0.25, 0.3) is 0 Å². The Morgan fingerprint density at radius 3 is 2.61 bits per heavy atom. The van der Waals surface area contributed by atoms with Gasteiger partial charge in [-0.15, -0.1) is 0 Å². The molecule has 7 nitrogen and oxygen atoms in total. The summed E-state index contributed by atoms with van der Waals surface area (Å²) in [6, 6.07) is 7.15. The number of ether oxygens (including phenoxy) is 5. The minimum Gasteiger partial charge on any atom is -0.493 e. The van der Waals surface area contributed by atoms with E-state index in [2.05, 4.69) is 22.6 Å². The topological polar surface area (TPSA) is 83.5 Å². The van der Waals surface area contributed by atoms with Crippen molar-refractivity contribution in [1.82, 2.24) is 0 Å². The van der Waals surface area contributed by atoms with Gasteiger partial charge in [-0.05, 0) is 25.1 Å². The minimum atomic E-state index is -0.487. The molecule has 1 unspecified atom stereocenters. The number of carbonyl (C=O) groups is 1. The highest BCUT2D eigenvalue weighted by molar-refractivity contribution is 14.1. The van der Waals surface area contributed by atoms with E-state index in [1.54, 1.807) is 32.4 Å². The largest absolute Gasteiger partial charge is 0.493 e. The van der Waals surface area contributed by atoms with Crippen molar-refractivity contribution in [2.45, 2.75) is 34.9 Å². The molecule has 164 valence electrons. The first-order valence-corrected chi connectivity index (χ1v) is 11.2. The van der Waals surface area contributed by atoms with E-state index in [-0.39, 0.29) is 25.1 Å². The van der Waals surface area contributed by atoms with Crippen LogP contribution in [0.25, 0.3) is 0 Å². The predicted octanol–water partition coefficient (Wildman–Crippen LogP) is 3.31. The van der Waals surface area contributed by atoms with Gasteiger partial charge in [0, 0.05) is 23.6 Å². The molecule has 0 bridgehead atoms. The van der Waals surface area contributed by atoms with Gasteiger partial charge in [-0.1, -0.05) is 22.6 Å². The van der Waals surface area contributed by atoms with Crippen molar-refractivity contribution >= 4 is 28.4 Å². The molecule has 0 amide bonds. The molecule has 31 heavy (non-hydrogen) atoms. The smallest absolute Gasteiger partial charge is 0.178 e. The maximum atomic E-state index is 13.6. The van der Waals surface area contributed by atoms with Crippen LogP contribution < -0.4 is 23.7 Å². The lowest BCUT2D eigenvalue weighted by Gasteiger charge is -2.37. The molecule has 0 aliphatic carbocycles. The van der Waals surface area contributed by atoms with E-state index in [1.165, 1.54) is 0 Å². The summed E-state index contributed by atoms with van der Waals surface area (Å²) in [5, 5.41) is 9.73. The molecular weight excluding hydrogens is 519 g/mol. The van der Waals surface area contributed by atoms with Gasteiger partial charge in [0.15, 0.2) is 17.3 Å². The summed E-state index contributed by atoms with van der Waals surface area (Å²) < 4.78 is 28.8. The third kappa shape index (κ3) is 3.14. The van der Waals surface area contributed by atoms with Gasteiger partial charge < -0.3 is 28.8 Å². The number of rotatable bonds is 4. The first-order chi connectivity index (χ1) is 14.9. The zero-order chi connectivity index (χ0) is 21.9. The molecule has 8 heteroatoms. The zero-order valence-electron chi connectivity index (χ0n) is 17.4. The lowest BCUT2D eigenvalue weighted by Crippen LogP contribution is -2.43. The number of Topliss-reactive ketones (excluding diaryl/α,β-unsaturated/α-hetero) is 1. The summed E-state index contributed by atoms with van der Waals surface area (Å²) in [6.07, 6.45) is -0.0675. The van der Waals surface area contributed by atoms with E-state index < -0.39 is 15.4 Å². The second-order valence-corrected chi connectivity index (χ2v) is 10.7. The molecule has 0 spiro atoms. The molecule has 0 radical (unpaired) electrons. The molecule has 3 aliphatic rings. The number of methoxy groups -OCH3 is 2. The summed E-state index contributed by atoms with van der Waals surface area (Å²) >= 11 is 2.22. The SMILES string of the molecule is COc1cc2c(cc1OC)[C@@H]1C(=O)c3ccc4c(c3O[C@@H]1CO2)CC([C@](C)([131I])CO)O4. The fraction of sp³-hybridized carbons (Fsp3) is 0.435. The van der Waals surface area contributed by atoms with Crippen LogP contribution in [0.5, 0.6) is 28.7 Å². The number of ketones is 1. The average molecular weight is 542 g/mol. The number of carbonyl (C=O) groups excluding carboxylic acids is 1. The van der Waals surface area contributed by atoms with Gasteiger partial charge in [0.2, 0.25) is 0 Å². The summed E-state index contributed by atoms with van der Waals surface area (Å²) in [4.78, 5) is 13.6. The quantitative estimate of drug-likeness (QED) is 0.469. The van der Waals surface area contributed by atoms with Gasteiger partial charge in [0.1, 0.15) is 36.1 Å². The second-order valence-electron chi connectivity index (χ2n) is 8.22. The van der Waals surface area contributed by atoms with Gasteiger partial charge in [0.05, 0.1) is 35.7 Å². The van der Waals surface area contributed by atoms with Crippen LogP contribution in [0.2, 0.25) is 0 Å².